The minimum Gasteiger partial charge on any atom is -0.480 e. The van der Waals surface area contributed by atoms with E-state index in [9.17, 15) is 14.7 Å². The predicted molar refractivity (Wildman–Crippen MR) is 68.1 cm³/mol. The normalized spacial score (nSPS) is 31.6. The smallest absolute Gasteiger partial charge is 0.326 e. The molecule has 0 radical (unpaired) electrons. The summed E-state index contributed by atoms with van der Waals surface area (Å²) in [6, 6.07) is -0.488. The van der Waals surface area contributed by atoms with E-state index in [0.717, 1.165) is 25.7 Å². The second kappa shape index (κ2) is 5.55. The Labute approximate surface area is 108 Å². The lowest BCUT2D eigenvalue weighted by molar-refractivity contribution is -0.157. The second-order valence-electron chi connectivity index (χ2n) is 5.34. The molecule has 2 rings (SSSR count). The fourth-order valence-corrected chi connectivity index (χ4v) is 3.46. The maximum absolute atomic E-state index is 12.2. The van der Waals surface area contributed by atoms with Crippen LogP contribution in [-0.2, 0) is 9.59 Å². The summed E-state index contributed by atoms with van der Waals surface area (Å²) in [4.78, 5) is 25.1. The molecule has 1 aliphatic heterocycles. The van der Waals surface area contributed by atoms with Crippen LogP contribution in [0.25, 0.3) is 0 Å². The molecule has 0 bridgehead atoms. The highest BCUT2D eigenvalue weighted by molar-refractivity contribution is 5.85. The average Bonchev–Trinajstić information content (AvgIpc) is 2.37. The molecule has 2 aliphatic rings. The first-order chi connectivity index (χ1) is 8.65. The molecule has 1 aliphatic carbocycles. The van der Waals surface area contributed by atoms with Crippen molar-refractivity contribution in [2.75, 3.05) is 0 Å². The minimum absolute atomic E-state index is 0.0750. The number of hydrogen-bond donors (Lipinski definition) is 1. The number of carbonyl (C=O) groups is 2. The van der Waals surface area contributed by atoms with Gasteiger partial charge in [0, 0.05) is 12.5 Å². The summed E-state index contributed by atoms with van der Waals surface area (Å²) < 4.78 is 0. The molecular weight excluding hydrogens is 230 g/mol. The van der Waals surface area contributed by atoms with Crippen molar-refractivity contribution in [1.29, 1.82) is 0 Å². The number of aliphatic carboxylic acids is 1. The number of carbonyl (C=O) groups excluding carboxylic acids is 1. The highest BCUT2D eigenvalue weighted by atomic mass is 16.4. The Kier molecular flexibility index (Phi) is 4.04. The SMILES string of the molecule is C=CCC(=O)N1C(C(=O)O)CCC2CCCCC21. The molecular formula is C14H21NO3. The number of nitrogens with zero attached hydrogens (tertiary/aromatic N) is 1. The molecule has 4 nitrogen and oxygen atoms in total. The molecule has 1 saturated heterocycles. The van der Waals surface area contributed by atoms with Crippen molar-refractivity contribution >= 4 is 11.9 Å². The Morgan fingerprint density at radius 1 is 1.22 bits per heavy atom. The maximum atomic E-state index is 12.2. The van der Waals surface area contributed by atoms with Crippen LogP contribution in [0.2, 0.25) is 0 Å². The van der Waals surface area contributed by atoms with Gasteiger partial charge in [0.25, 0.3) is 0 Å². The van der Waals surface area contributed by atoms with Crippen molar-refractivity contribution in [2.45, 2.75) is 57.0 Å². The summed E-state index contributed by atoms with van der Waals surface area (Å²) in [6.07, 6.45) is 7.75. The molecule has 18 heavy (non-hydrogen) atoms. The van der Waals surface area contributed by atoms with Gasteiger partial charge >= 0.3 is 5.97 Å². The van der Waals surface area contributed by atoms with Crippen molar-refractivity contribution in [3.05, 3.63) is 12.7 Å². The van der Waals surface area contributed by atoms with Gasteiger partial charge in [0.2, 0.25) is 5.91 Å². The number of piperidine rings is 1. The van der Waals surface area contributed by atoms with Crippen molar-refractivity contribution in [2.24, 2.45) is 5.92 Å². The number of carboxylic acids is 1. The quantitative estimate of drug-likeness (QED) is 0.782. The first-order valence-corrected chi connectivity index (χ1v) is 6.80. The molecule has 1 heterocycles. The van der Waals surface area contributed by atoms with E-state index in [1.54, 1.807) is 11.0 Å². The van der Waals surface area contributed by atoms with Crippen molar-refractivity contribution in [3.8, 4) is 0 Å². The van der Waals surface area contributed by atoms with E-state index in [-0.39, 0.29) is 18.4 Å². The number of rotatable bonds is 3. The monoisotopic (exact) mass is 251 g/mol. The third-order valence-electron chi connectivity index (χ3n) is 4.26. The second-order valence-corrected chi connectivity index (χ2v) is 5.34. The van der Waals surface area contributed by atoms with Crippen LogP contribution in [0.15, 0.2) is 12.7 Å². The zero-order chi connectivity index (χ0) is 13.1. The molecule has 0 spiro atoms. The fourth-order valence-electron chi connectivity index (χ4n) is 3.46. The molecule has 0 aromatic rings. The molecule has 0 aromatic heterocycles. The molecule has 3 atom stereocenters. The van der Waals surface area contributed by atoms with E-state index >= 15 is 0 Å². The predicted octanol–water partition coefficient (Wildman–Crippen LogP) is 2.20. The van der Waals surface area contributed by atoms with Gasteiger partial charge < -0.3 is 10.0 Å². The largest absolute Gasteiger partial charge is 0.480 e. The number of carboxylic acid groups (broad SMARTS) is 1. The first kappa shape index (κ1) is 13.1. The van der Waals surface area contributed by atoms with E-state index < -0.39 is 12.0 Å². The Morgan fingerprint density at radius 2 is 1.94 bits per heavy atom. The zero-order valence-corrected chi connectivity index (χ0v) is 10.7. The van der Waals surface area contributed by atoms with Gasteiger partial charge in [-0.1, -0.05) is 18.9 Å². The van der Waals surface area contributed by atoms with Crippen LogP contribution in [0.4, 0.5) is 0 Å². The number of likely N-dealkylation sites (tertiary alicyclic amines) is 1. The van der Waals surface area contributed by atoms with E-state index in [1.165, 1.54) is 6.42 Å². The first-order valence-electron chi connectivity index (χ1n) is 6.80. The van der Waals surface area contributed by atoms with Gasteiger partial charge in [0.1, 0.15) is 6.04 Å². The van der Waals surface area contributed by atoms with Crippen LogP contribution >= 0.6 is 0 Å². The van der Waals surface area contributed by atoms with Crippen molar-refractivity contribution < 1.29 is 14.7 Å². The molecule has 4 heteroatoms. The summed E-state index contributed by atoms with van der Waals surface area (Å²) in [5, 5.41) is 9.30. The molecule has 3 unspecified atom stereocenters. The van der Waals surface area contributed by atoms with Gasteiger partial charge in [0.15, 0.2) is 0 Å². The maximum Gasteiger partial charge on any atom is 0.326 e. The van der Waals surface area contributed by atoms with Crippen LogP contribution in [0.5, 0.6) is 0 Å². The van der Waals surface area contributed by atoms with Gasteiger partial charge in [-0.2, -0.15) is 0 Å². The summed E-state index contributed by atoms with van der Waals surface area (Å²) in [5.41, 5.74) is 0. The molecule has 1 N–H and O–H groups in total. The Morgan fingerprint density at radius 3 is 2.61 bits per heavy atom. The van der Waals surface area contributed by atoms with Crippen LogP contribution in [0, 0.1) is 5.92 Å². The standard InChI is InChI=1S/C14H21NO3/c1-2-5-13(16)15-11-7-4-3-6-10(11)8-9-12(15)14(17)18/h2,10-12H,1,3-9H2,(H,17,18). The zero-order valence-electron chi connectivity index (χ0n) is 10.7. The molecule has 1 saturated carbocycles. The Balaban J connectivity index is 2.21. The van der Waals surface area contributed by atoms with Crippen LogP contribution in [0.1, 0.15) is 44.9 Å². The summed E-state index contributed by atoms with van der Waals surface area (Å²) in [5.74, 6) is -0.437. The van der Waals surface area contributed by atoms with E-state index in [2.05, 4.69) is 6.58 Å². The van der Waals surface area contributed by atoms with E-state index in [0.29, 0.717) is 12.3 Å². The Hall–Kier alpha value is -1.32. The number of hydrogen-bond acceptors (Lipinski definition) is 2. The summed E-state index contributed by atoms with van der Waals surface area (Å²) in [6.45, 7) is 3.57. The highest BCUT2D eigenvalue weighted by Crippen LogP contribution is 2.38. The molecule has 0 aromatic carbocycles. The minimum atomic E-state index is -0.864. The highest BCUT2D eigenvalue weighted by Gasteiger charge is 2.43. The molecule has 100 valence electrons. The number of amides is 1. The van der Waals surface area contributed by atoms with Crippen LogP contribution < -0.4 is 0 Å². The van der Waals surface area contributed by atoms with Gasteiger partial charge in [-0.05, 0) is 31.6 Å². The molecule has 1 amide bonds. The number of fused-ring (bicyclic) bond motifs is 1. The lowest BCUT2D eigenvalue weighted by Crippen LogP contribution is -2.57. The lowest BCUT2D eigenvalue weighted by Gasteiger charge is -2.47. The van der Waals surface area contributed by atoms with Crippen molar-refractivity contribution in [3.63, 3.8) is 0 Å². The third kappa shape index (κ3) is 2.42. The van der Waals surface area contributed by atoms with Gasteiger partial charge in [-0.25, -0.2) is 4.79 Å². The van der Waals surface area contributed by atoms with E-state index in [4.69, 9.17) is 0 Å². The lowest BCUT2D eigenvalue weighted by atomic mass is 9.76. The van der Waals surface area contributed by atoms with Gasteiger partial charge in [-0.15, -0.1) is 6.58 Å². The van der Waals surface area contributed by atoms with Crippen LogP contribution in [0.3, 0.4) is 0 Å². The third-order valence-corrected chi connectivity index (χ3v) is 4.26. The van der Waals surface area contributed by atoms with Crippen molar-refractivity contribution in [1.82, 2.24) is 4.90 Å². The van der Waals surface area contributed by atoms with E-state index in [1.807, 2.05) is 0 Å². The van der Waals surface area contributed by atoms with Gasteiger partial charge in [-0.3, -0.25) is 4.79 Å². The fraction of sp³-hybridized carbons (Fsp3) is 0.714. The topological polar surface area (TPSA) is 57.6 Å². The average molecular weight is 251 g/mol. The summed E-state index contributed by atoms with van der Waals surface area (Å²) >= 11 is 0. The molecule has 2 fully saturated rings. The Bertz CT molecular complexity index is 353. The van der Waals surface area contributed by atoms with Gasteiger partial charge in [0.05, 0.1) is 0 Å². The van der Waals surface area contributed by atoms with Crippen LogP contribution in [-0.4, -0.2) is 34.0 Å². The summed E-state index contributed by atoms with van der Waals surface area (Å²) in [7, 11) is 0.